The Kier molecular flexibility index (Phi) is 4.90. The van der Waals surface area contributed by atoms with Crippen LogP contribution < -0.4 is 5.32 Å². The first-order valence-electron chi connectivity index (χ1n) is 3.40. The van der Waals surface area contributed by atoms with Crippen LogP contribution in [0.15, 0.2) is 24.9 Å². The molecule has 1 N–H and O–H groups in total. The highest BCUT2D eigenvalue weighted by molar-refractivity contribution is 5.86. The summed E-state index contributed by atoms with van der Waals surface area (Å²) in [6.45, 7) is 3.87. The van der Waals surface area contributed by atoms with Gasteiger partial charge in [-0.3, -0.25) is 4.79 Å². The van der Waals surface area contributed by atoms with Gasteiger partial charge in [0.05, 0.1) is 0 Å². The zero-order chi connectivity index (χ0) is 8.69. The molecule has 3 nitrogen and oxygen atoms in total. The molecule has 1 amide bonds. The lowest BCUT2D eigenvalue weighted by Gasteiger charge is -2.02. The second kappa shape index (κ2) is 5.53. The van der Waals surface area contributed by atoms with Crippen LogP contribution in [0.4, 0.5) is 0 Å². The van der Waals surface area contributed by atoms with Crippen LogP contribution in [0.1, 0.15) is 0 Å². The van der Waals surface area contributed by atoms with Crippen LogP contribution in [-0.4, -0.2) is 31.4 Å². The fourth-order valence-electron chi connectivity index (χ4n) is 0.495. The zero-order valence-corrected chi connectivity index (χ0v) is 7.00. The van der Waals surface area contributed by atoms with Crippen LogP contribution >= 0.6 is 0 Å². The van der Waals surface area contributed by atoms with E-state index in [9.17, 15) is 4.79 Å². The monoisotopic (exact) mass is 154 g/mol. The van der Waals surface area contributed by atoms with Crippen molar-refractivity contribution in [3.8, 4) is 0 Å². The number of nitrogens with one attached hydrogen (secondary N) is 1. The topological polar surface area (TPSA) is 32.3 Å². The van der Waals surface area contributed by atoms with E-state index in [1.165, 1.54) is 6.08 Å². The molecule has 0 rings (SSSR count). The Morgan fingerprint density at radius 3 is 2.73 bits per heavy atom. The molecular weight excluding hydrogens is 140 g/mol. The lowest BCUT2D eigenvalue weighted by atomic mass is 10.5. The van der Waals surface area contributed by atoms with E-state index in [0.29, 0.717) is 6.54 Å². The number of carbonyl (C=O) groups excluding carboxylic acids is 1. The smallest absolute Gasteiger partial charge is 0.243 e. The minimum Gasteiger partial charge on any atom is -0.384 e. The molecule has 0 fully saturated rings. The van der Waals surface area contributed by atoms with Gasteiger partial charge in [-0.15, -0.1) is 0 Å². The van der Waals surface area contributed by atoms with Gasteiger partial charge in [0.15, 0.2) is 0 Å². The molecule has 0 aliphatic rings. The minimum atomic E-state index is -0.145. The summed E-state index contributed by atoms with van der Waals surface area (Å²) in [6, 6.07) is 0. The van der Waals surface area contributed by atoms with E-state index in [1.54, 1.807) is 0 Å². The van der Waals surface area contributed by atoms with Gasteiger partial charge in [-0.25, -0.2) is 0 Å². The third-order valence-electron chi connectivity index (χ3n) is 0.983. The third-order valence-corrected chi connectivity index (χ3v) is 0.983. The first-order valence-corrected chi connectivity index (χ1v) is 3.40. The van der Waals surface area contributed by atoms with Crippen molar-refractivity contribution in [1.82, 2.24) is 10.2 Å². The van der Waals surface area contributed by atoms with Crippen molar-refractivity contribution in [3.63, 3.8) is 0 Å². The molecule has 0 aromatic heterocycles. The maximum Gasteiger partial charge on any atom is 0.243 e. The normalized spacial score (nSPS) is 9.64. The SMILES string of the molecule is C=CC(=O)NCC=CN(C)C. The summed E-state index contributed by atoms with van der Waals surface area (Å²) < 4.78 is 0. The van der Waals surface area contributed by atoms with Gasteiger partial charge < -0.3 is 10.2 Å². The summed E-state index contributed by atoms with van der Waals surface area (Å²) in [7, 11) is 3.84. The number of nitrogens with zero attached hydrogens (tertiary/aromatic N) is 1. The molecule has 0 aliphatic carbocycles. The molecule has 0 spiro atoms. The van der Waals surface area contributed by atoms with Crippen molar-refractivity contribution in [3.05, 3.63) is 24.9 Å². The highest BCUT2D eigenvalue weighted by Crippen LogP contribution is 1.75. The molecule has 11 heavy (non-hydrogen) atoms. The van der Waals surface area contributed by atoms with E-state index in [4.69, 9.17) is 0 Å². The van der Waals surface area contributed by atoms with Crippen molar-refractivity contribution in [2.45, 2.75) is 0 Å². The zero-order valence-electron chi connectivity index (χ0n) is 7.00. The van der Waals surface area contributed by atoms with E-state index in [-0.39, 0.29) is 5.91 Å². The fourth-order valence-corrected chi connectivity index (χ4v) is 0.495. The van der Waals surface area contributed by atoms with Gasteiger partial charge >= 0.3 is 0 Å². The van der Waals surface area contributed by atoms with Crippen LogP contribution in [0.3, 0.4) is 0 Å². The van der Waals surface area contributed by atoms with Crippen LogP contribution in [0, 0.1) is 0 Å². The number of hydrogen-bond donors (Lipinski definition) is 1. The molecule has 0 aromatic carbocycles. The first kappa shape index (κ1) is 9.75. The van der Waals surface area contributed by atoms with Gasteiger partial charge in [0.2, 0.25) is 5.91 Å². The summed E-state index contributed by atoms with van der Waals surface area (Å²) >= 11 is 0. The van der Waals surface area contributed by atoms with Crippen LogP contribution in [0.5, 0.6) is 0 Å². The predicted molar refractivity (Wildman–Crippen MR) is 46.0 cm³/mol. The van der Waals surface area contributed by atoms with Crippen molar-refractivity contribution in [2.75, 3.05) is 20.6 Å². The van der Waals surface area contributed by atoms with E-state index in [1.807, 2.05) is 31.3 Å². The van der Waals surface area contributed by atoms with Crippen LogP contribution in [-0.2, 0) is 4.79 Å². The largest absolute Gasteiger partial charge is 0.384 e. The third kappa shape index (κ3) is 6.64. The maximum atomic E-state index is 10.6. The molecule has 3 heteroatoms. The Balaban J connectivity index is 3.41. The van der Waals surface area contributed by atoms with Crippen molar-refractivity contribution in [1.29, 1.82) is 0 Å². The predicted octanol–water partition coefficient (Wildman–Crippen LogP) is 0.364. The highest BCUT2D eigenvalue weighted by Gasteiger charge is 1.87. The molecule has 62 valence electrons. The lowest BCUT2D eigenvalue weighted by molar-refractivity contribution is -0.116. The molecule has 0 radical (unpaired) electrons. The van der Waals surface area contributed by atoms with E-state index in [0.717, 1.165) is 0 Å². The number of hydrogen-bond acceptors (Lipinski definition) is 2. The van der Waals surface area contributed by atoms with Crippen LogP contribution in [0.2, 0.25) is 0 Å². The summed E-state index contributed by atoms with van der Waals surface area (Å²) in [6.07, 6.45) is 4.99. The van der Waals surface area contributed by atoms with Crippen molar-refractivity contribution in [2.24, 2.45) is 0 Å². The van der Waals surface area contributed by atoms with Crippen LogP contribution in [0.25, 0.3) is 0 Å². The van der Waals surface area contributed by atoms with Crippen molar-refractivity contribution < 1.29 is 4.79 Å². The molecule has 0 atom stereocenters. The maximum absolute atomic E-state index is 10.6. The van der Waals surface area contributed by atoms with Crippen molar-refractivity contribution >= 4 is 5.91 Å². The van der Waals surface area contributed by atoms with Gasteiger partial charge in [0.25, 0.3) is 0 Å². The Bertz CT molecular complexity index is 161. The summed E-state index contributed by atoms with van der Waals surface area (Å²) in [5.41, 5.74) is 0. The van der Waals surface area contributed by atoms with E-state index in [2.05, 4.69) is 11.9 Å². The van der Waals surface area contributed by atoms with Gasteiger partial charge in [0.1, 0.15) is 0 Å². The Hall–Kier alpha value is -1.25. The molecule has 0 saturated heterocycles. The molecule has 0 aliphatic heterocycles. The molecule has 0 aromatic rings. The second-order valence-electron chi connectivity index (χ2n) is 2.30. The number of amides is 1. The number of rotatable bonds is 4. The van der Waals surface area contributed by atoms with Gasteiger partial charge in [0, 0.05) is 20.6 Å². The molecular formula is C8H14N2O. The Labute approximate surface area is 67.4 Å². The average Bonchev–Trinajstić information content (AvgIpc) is 1.97. The van der Waals surface area contributed by atoms with Gasteiger partial charge in [-0.2, -0.15) is 0 Å². The average molecular weight is 154 g/mol. The molecule has 0 bridgehead atoms. The molecule has 0 heterocycles. The van der Waals surface area contributed by atoms with E-state index < -0.39 is 0 Å². The van der Waals surface area contributed by atoms with E-state index >= 15 is 0 Å². The first-order chi connectivity index (χ1) is 5.16. The fraction of sp³-hybridized carbons (Fsp3) is 0.375. The second-order valence-corrected chi connectivity index (χ2v) is 2.30. The Morgan fingerprint density at radius 2 is 2.27 bits per heavy atom. The molecule has 0 saturated carbocycles. The highest BCUT2D eigenvalue weighted by atomic mass is 16.1. The Morgan fingerprint density at radius 1 is 1.64 bits per heavy atom. The standard InChI is InChI=1S/C8H14N2O/c1-4-8(11)9-6-5-7-10(2)3/h4-5,7H,1,6H2,2-3H3,(H,9,11). The van der Waals surface area contributed by atoms with Gasteiger partial charge in [-0.05, 0) is 18.4 Å². The summed E-state index contributed by atoms with van der Waals surface area (Å²) in [5, 5.41) is 2.62. The summed E-state index contributed by atoms with van der Waals surface area (Å²) in [5.74, 6) is -0.145. The summed E-state index contributed by atoms with van der Waals surface area (Å²) in [4.78, 5) is 12.5. The quantitative estimate of drug-likeness (QED) is 0.593. The lowest BCUT2D eigenvalue weighted by Crippen LogP contribution is -2.20. The molecule has 0 unspecified atom stereocenters. The van der Waals surface area contributed by atoms with Gasteiger partial charge in [-0.1, -0.05) is 6.58 Å². The number of carbonyl (C=O) groups is 1. The minimum absolute atomic E-state index is 0.145.